The number of pyridine rings is 1. The highest BCUT2D eigenvalue weighted by atomic mass is 16.1. The molecule has 18 heavy (non-hydrogen) atoms. The van der Waals surface area contributed by atoms with Crippen molar-refractivity contribution >= 4 is 11.6 Å². The van der Waals surface area contributed by atoms with E-state index in [-0.39, 0.29) is 5.91 Å². The van der Waals surface area contributed by atoms with E-state index in [1.54, 1.807) is 36.5 Å². The first-order valence-corrected chi connectivity index (χ1v) is 5.43. The summed E-state index contributed by atoms with van der Waals surface area (Å²) in [5.41, 5.74) is 2.50. The third kappa shape index (κ3) is 2.53. The lowest BCUT2D eigenvalue weighted by Gasteiger charge is -2.07. The van der Waals surface area contributed by atoms with E-state index in [1.165, 1.54) is 6.20 Å². The molecule has 1 aromatic heterocycles. The molecule has 0 unspecified atom stereocenters. The average Bonchev–Trinajstić information content (AvgIpc) is 2.39. The van der Waals surface area contributed by atoms with Crippen LogP contribution in [0.15, 0.2) is 42.7 Å². The smallest absolute Gasteiger partial charge is 0.257 e. The van der Waals surface area contributed by atoms with Crippen LogP contribution < -0.4 is 5.32 Å². The number of nitriles is 1. The van der Waals surface area contributed by atoms with Crippen molar-refractivity contribution in [3.8, 4) is 6.07 Å². The van der Waals surface area contributed by atoms with Crippen LogP contribution in [0.4, 0.5) is 5.69 Å². The van der Waals surface area contributed by atoms with Crippen molar-refractivity contribution < 1.29 is 4.79 Å². The summed E-state index contributed by atoms with van der Waals surface area (Å²) in [5, 5.41) is 11.5. The van der Waals surface area contributed by atoms with E-state index in [1.807, 2.05) is 13.0 Å². The second-order valence-electron chi connectivity index (χ2n) is 3.84. The maximum absolute atomic E-state index is 12.0. The topological polar surface area (TPSA) is 65.8 Å². The molecule has 2 aromatic rings. The summed E-state index contributed by atoms with van der Waals surface area (Å²) in [6.07, 6.45) is 3.17. The van der Waals surface area contributed by atoms with Crippen LogP contribution in [0.25, 0.3) is 0 Å². The monoisotopic (exact) mass is 237 g/mol. The van der Waals surface area contributed by atoms with Crippen molar-refractivity contribution in [1.29, 1.82) is 5.26 Å². The van der Waals surface area contributed by atoms with Gasteiger partial charge in [-0.2, -0.15) is 5.26 Å². The molecule has 0 aliphatic carbocycles. The molecule has 1 N–H and O–H groups in total. The van der Waals surface area contributed by atoms with E-state index < -0.39 is 0 Å². The van der Waals surface area contributed by atoms with E-state index in [9.17, 15) is 4.79 Å². The summed E-state index contributed by atoms with van der Waals surface area (Å²) in [6, 6.07) is 10.6. The molecule has 88 valence electrons. The molecule has 4 heteroatoms. The molecule has 0 spiro atoms. The maximum Gasteiger partial charge on any atom is 0.257 e. The summed E-state index contributed by atoms with van der Waals surface area (Å²) in [7, 11) is 0. The van der Waals surface area contributed by atoms with Crippen LogP contribution in [-0.4, -0.2) is 10.9 Å². The van der Waals surface area contributed by atoms with E-state index in [2.05, 4.69) is 10.3 Å². The maximum atomic E-state index is 12.0. The minimum atomic E-state index is -0.226. The van der Waals surface area contributed by atoms with Gasteiger partial charge in [-0.1, -0.05) is 6.07 Å². The van der Waals surface area contributed by atoms with Gasteiger partial charge >= 0.3 is 0 Å². The van der Waals surface area contributed by atoms with Crippen LogP contribution in [0.5, 0.6) is 0 Å². The van der Waals surface area contributed by atoms with Crippen molar-refractivity contribution in [2.75, 3.05) is 5.32 Å². The van der Waals surface area contributed by atoms with E-state index in [0.29, 0.717) is 16.8 Å². The lowest BCUT2D eigenvalue weighted by atomic mass is 10.1. The highest BCUT2D eigenvalue weighted by Crippen LogP contribution is 2.13. The largest absolute Gasteiger partial charge is 0.322 e. The zero-order valence-electron chi connectivity index (χ0n) is 9.84. The average molecular weight is 237 g/mol. The first-order chi connectivity index (χ1) is 8.70. The number of aryl methyl sites for hydroxylation is 1. The van der Waals surface area contributed by atoms with E-state index in [0.717, 1.165) is 5.56 Å². The number of rotatable bonds is 2. The molecular formula is C14H11N3O. The molecule has 1 aromatic carbocycles. The van der Waals surface area contributed by atoms with Gasteiger partial charge in [-0.3, -0.25) is 9.78 Å². The highest BCUT2D eigenvalue weighted by Gasteiger charge is 2.09. The molecule has 0 aliphatic heterocycles. The minimum Gasteiger partial charge on any atom is -0.322 e. The van der Waals surface area contributed by atoms with E-state index in [4.69, 9.17) is 5.26 Å². The third-order valence-electron chi connectivity index (χ3n) is 2.53. The third-order valence-corrected chi connectivity index (χ3v) is 2.53. The summed E-state index contributed by atoms with van der Waals surface area (Å²) in [4.78, 5) is 15.9. The van der Waals surface area contributed by atoms with Gasteiger partial charge in [0.25, 0.3) is 5.91 Å². The molecule has 0 aliphatic rings. The Balaban J connectivity index is 2.22. The number of carbonyl (C=O) groups excluding carboxylic acids is 1. The fraction of sp³-hybridized carbons (Fsp3) is 0.0714. The molecule has 1 heterocycles. The Hall–Kier alpha value is -2.67. The minimum absolute atomic E-state index is 0.226. The fourth-order valence-corrected chi connectivity index (χ4v) is 1.57. The van der Waals surface area contributed by atoms with Gasteiger partial charge in [-0.25, -0.2) is 0 Å². The van der Waals surface area contributed by atoms with Gasteiger partial charge in [-0.15, -0.1) is 0 Å². The van der Waals surface area contributed by atoms with Gasteiger partial charge in [0.2, 0.25) is 0 Å². The number of hydrogen-bond acceptors (Lipinski definition) is 3. The van der Waals surface area contributed by atoms with Crippen molar-refractivity contribution in [2.45, 2.75) is 6.92 Å². The summed E-state index contributed by atoms with van der Waals surface area (Å²) < 4.78 is 0. The van der Waals surface area contributed by atoms with Crippen LogP contribution in [0.1, 0.15) is 21.5 Å². The van der Waals surface area contributed by atoms with Crippen molar-refractivity contribution in [3.05, 3.63) is 59.4 Å². The molecule has 0 saturated carbocycles. The first kappa shape index (κ1) is 11.8. The van der Waals surface area contributed by atoms with Crippen LogP contribution >= 0.6 is 0 Å². The molecule has 0 fully saturated rings. The second kappa shape index (κ2) is 5.11. The molecule has 0 atom stereocenters. The Morgan fingerprint density at radius 3 is 2.94 bits per heavy atom. The normalized spacial score (nSPS) is 9.56. The first-order valence-electron chi connectivity index (χ1n) is 5.43. The number of hydrogen-bond donors (Lipinski definition) is 1. The van der Waals surface area contributed by atoms with Gasteiger partial charge in [0.15, 0.2) is 0 Å². The summed E-state index contributed by atoms with van der Waals surface area (Å²) in [6.45, 7) is 1.85. The van der Waals surface area contributed by atoms with Crippen molar-refractivity contribution in [2.24, 2.45) is 0 Å². The molecular weight excluding hydrogens is 226 g/mol. The fourth-order valence-electron chi connectivity index (χ4n) is 1.57. The molecule has 0 bridgehead atoms. The Morgan fingerprint density at radius 1 is 1.39 bits per heavy atom. The molecule has 2 rings (SSSR count). The Labute approximate surface area is 105 Å². The van der Waals surface area contributed by atoms with Crippen molar-refractivity contribution in [3.63, 3.8) is 0 Å². The quantitative estimate of drug-likeness (QED) is 0.872. The number of anilines is 1. The van der Waals surface area contributed by atoms with Gasteiger partial charge < -0.3 is 5.32 Å². The van der Waals surface area contributed by atoms with Crippen molar-refractivity contribution in [1.82, 2.24) is 4.98 Å². The van der Waals surface area contributed by atoms with Gasteiger partial charge in [0, 0.05) is 18.1 Å². The molecule has 4 nitrogen and oxygen atoms in total. The lowest BCUT2D eigenvalue weighted by molar-refractivity contribution is 0.102. The molecule has 0 radical (unpaired) electrons. The predicted octanol–water partition coefficient (Wildman–Crippen LogP) is 2.51. The molecule has 0 saturated heterocycles. The number of benzene rings is 1. The summed E-state index contributed by atoms with van der Waals surface area (Å²) >= 11 is 0. The molecule has 1 amide bonds. The highest BCUT2D eigenvalue weighted by molar-refractivity contribution is 6.05. The zero-order valence-corrected chi connectivity index (χ0v) is 9.84. The summed E-state index contributed by atoms with van der Waals surface area (Å²) in [5.74, 6) is -0.226. The Morgan fingerprint density at radius 2 is 2.22 bits per heavy atom. The van der Waals surface area contributed by atoms with Crippen LogP contribution in [-0.2, 0) is 0 Å². The van der Waals surface area contributed by atoms with E-state index >= 15 is 0 Å². The van der Waals surface area contributed by atoms with Gasteiger partial charge in [0.1, 0.15) is 0 Å². The number of carbonyl (C=O) groups is 1. The van der Waals surface area contributed by atoms with Crippen LogP contribution in [0.3, 0.4) is 0 Å². The number of nitrogens with zero attached hydrogens (tertiary/aromatic N) is 2. The SMILES string of the molecule is Cc1ccncc1C(=O)Nc1cccc(C#N)c1. The van der Waals surface area contributed by atoms with Gasteiger partial charge in [-0.05, 0) is 36.8 Å². The van der Waals surface area contributed by atoms with Crippen LogP contribution in [0.2, 0.25) is 0 Å². The predicted molar refractivity (Wildman–Crippen MR) is 68.1 cm³/mol. The number of nitrogens with one attached hydrogen (secondary N) is 1. The number of aromatic nitrogens is 1. The Bertz CT molecular complexity index is 629. The number of amides is 1. The van der Waals surface area contributed by atoms with Gasteiger partial charge in [0.05, 0.1) is 17.2 Å². The second-order valence-corrected chi connectivity index (χ2v) is 3.84. The zero-order chi connectivity index (χ0) is 13.0. The standard InChI is InChI=1S/C14H11N3O/c1-10-5-6-16-9-13(10)14(18)17-12-4-2-3-11(7-12)8-15/h2-7,9H,1H3,(H,17,18). The Kier molecular flexibility index (Phi) is 3.35. The van der Waals surface area contributed by atoms with Crippen LogP contribution in [0, 0.1) is 18.3 Å². The lowest BCUT2D eigenvalue weighted by Crippen LogP contribution is -2.13.